The number of carbonyl (C=O) groups is 2. The Kier molecular flexibility index (Phi) is 6.13. The topological polar surface area (TPSA) is 113 Å². The van der Waals surface area contributed by atoms with Crippen molar-refractivity contribution in [2.24, 2.45) is 11.1 Å². The van der Waals surface area contributed by atoms with E-state index in [1.165, 1.54) is 37.6 Å². The molecule has 1 aromatic heterocycles. The molecule has 2 aliphatic rings. The first kappa shape index (κ1) is 25.4. The molecule has 0 radical (unpaired) electrons. The molecule has 204 valence electrons. The van der Waals surface area contributed by atoms with Gasteiger partial charge in [0.25, 0.3) is 0 Å². The molecule has 9 nitrogen and oxygen atoms in total. The zero-order valence-corrected chi connectivity index (χ0v) is 21.3. The van der Waals surface area contributed by atoms with Crippen molar-refractivity contribution in [1.82, 2.24) is 4.98 Å². The summed E-state index contributed by atoms with van der Waals surface area (Å²) in [5.41, 5.74) is 4.64. The van der Waals surface area contributed by atoms with E-state index in [-0.39, 0.29) is 30.0 Å². The fourth-order valence-electron chi connectivity index (χ4n) is 4.73. The highest BCUT2D eigenvalue weighted by atomic mass is 19.1. The number of ether oxygens (including phenoxy) is 4. The predicted octanol–water partition coefficient (Wildman–Crippen LogP) is 5.02. The Morgan fingerprint density at radius 1 is 0.975 bits per heavy atom. The smallest absolute Gasteiger partial charge is 0.247 e. The van der Waals surface area contributed by atoms with E-state index >= 15 is 4.39 Å². The summed E-state index contributed by atoms with van der Waals surface area (Å²) in [5, 5.41) is 0.516. The molecule has 0 spiro atoms. The minimum absolute atomic E-state index is 0.123. The van der Waals surface area contributed by atoms with E-state index in [4.69, 9.17) is 24.7 Å². The molecule has 1 saturated carbocycles. The Morgan fingerprint density at radius 2 is 1.70 bits per heavy atom. The Morgan fingerprint density at radius 3 is 2.35 bits per heavy atom. The van der Waals surface area contributed by atoms with Crippen molar-refractivity contribution >= 4 is 34.1 Å². The highest BCUT2D eigenvalue weighted by Gasteiger charge is 2.57. The van der Waals surface area contributed by atoms with Crippen molar-refractivity contribution in [3.63, 3.8) is 0 Å². The quantitative estimate of drug-likeness (QED) is 0.324. The van der Waals surface area contributed by atoms with E-state index in [9.17, 15) is 14.0 Å². The molecular formula is C29H23F2N3O6. The molecule has 0 bridgehead atoms. The molecule has 4 aromatic rings. The Hall–Kier alpha value is -4.93. The second-order valence-electron chi connectivity index (χ2n) is 9.42. The van der Waals surface area contributed by atoms with Crippen LogP contribution in [0.3, 0.4) is 0 Å². The van der Waals surface area contributed by atoms with Gasteiger partial charge < -0.3 is 24.7 Å². The lowest BCUT2D eigenvalue weighted by molar-refractivity contribution is -0.133. The third-order valence-corrected chi connectivity index (χ3v) is 6.97. The van der Waals surface area contributed by atoms with Crippen molar-refractivity contribution in [2.45, 2.75) is 12.8 Å². The van der Waals surface area contributed by atoms with E-state index in [1.54, 1.807) is 12.1 Å². The van der Waals surface area contributed by atoms with Gasteiger partial charge in [-0.2, -0.15) is 0 Å². The minimum Gasteiger partial charge on any atom is -0.493 e. The summed E-state index contributed by atoms with van der Waals surface area (Å²) in [4.78, 5) is 31.0. The molecular weight excluding hydrogens is 524 g/mol. The third-order valence-electron chi connectivity index (χ3n) is 6.97. The van der Waals surface area contributed by atoms with Gasteiger partial charge in [-0.15, -0.1) is 0 Å². The van der Waals surface area contributed by atoms with Gasteiger partial charge in [0.1, 0.15) is 35.9 Å². The van der Waals surface area contributed by atoms with Crippen LogP contribution in [0.2, 0.25) is 0 Å². The minimum atomic E-state index is -1.44. The fraction of sp³-hybridized carbons (Fsp3) is 0.207. The molecule has 40 heavy (non-hydrogen) atoms. The number of hydrogen-bond acceptors (Lipinski definition) is 7. The summed E-state index contributed by atoms with van der Waals surface area (Å²) in [7, 11) is 1.51. The largest absolute Gasteiger partial charge is 0.493 e. The molecule has 2 amide bonds. The Bertz CT molecular complexity index is 1660. The number of nitrogens with two attached hydrogens (primary N) is 1. The maximum atomic E-state index is 15.7. The number of methoxy groups -OCH3 is 1. The van der Waals surface area contributed by atoms with Crippen LogP contribution in [0.25, 0.3) is 10.9 Å². The predicted molar refractivity (Wildman–Crippen MR) is 140 cm³/mol. The van der Waals surface area contributed by atoms with Crippen LogP contribution < -0.4 is 29.6 Å². The van der Waals surface area contributed by atoms with Crippen molar-refractivity contribution < 1.29 is 37.3 Å². The molecule has 2 heterocycles. The zero-order valence-electron chi connectivity index (χ0n) is 21.3. The molecule has 0 unspecified atom stereocenters. The maximum absolute atomic E-state index is 15.7. The Labute approximate surface area is 227 Å². The average molecular weight is 548 g/mol. The number of aromatic nitrogens is 1. The van der Waals surface area contributed by atoms with E-state index < -0.39 is 28.9 Å². The zero-order chi connectivity index (χ0) is 28.0. The molecule has 6 rings (SSSR count). The molecule has 1 fully saturated rings. The van der Waals surface area contributed by atoms with Gasteiger partial charge in [0.2, 0.25) is 17.6 Å². The number of hydrogen-bond donors (Lipinski definition) is 1. The summed E-state index contributed by atoms with van der Waals surface area (Å²) in [5.74, 6) is -1.09. The van der Waals surface area contributed by atoms with Crippen LogP contribution in [0.5, 0.6) is 28.7 Å². The van der Waals surface area contributed by atoms with Crippen LogP contribution in [0.4, 0.5) is 20.2 Å². The first-order valence-corrected chi connectivity index (χ1v) is 12.4. The normalized spacial score (nSPS) is 14.9. The van der Waals surface area contributed by atoms with Gasteiger partial charge >= 0.3 is 0 Å². The summed E-state index contributed by atoms with van der Waals surface area (Å²) >= 11 is 0. The number of halogens is 2. The highest BCUT2D eigenvalue weighted by Crippen LogP contribution is 2.50. The average Bonchev–Trinajstić information content (AvgIpc) is 3.77. The van der Waals surface area contributed by atoms with Crippen molar-refractivity contribution in [3.8, 4) is 28.7 Å². The number of anilines is 2. The van der Waals surface area contributed by atoms with Crippen molar-refractivity contribution in [3.05, 3.63) is 72.4 Å². The summed E-state index contributed by atoms with van der Waals surface area (Å²) < 4.78 is 52.4. The second-order valence-corrected chi connectivity index (χ2v) is 9.42. The molecule has 2 N–H and O–H groups in total. The second kappa shape index (κ2) is 9.67. The number of fused-ring (bicyclic) bond motifs is 3. The van der Waals surface area contributed by atoms with Crippen molar-refractivity contribution in [2.75, 3.05) is 25.2 Å². The van der Waals surface area contributed by atoms with Crippen LogP contribution >= 0.6 is 0 Å². The lowest BCUT2D eigenvalue weighted by atomic mass is 10.0. The number of benzene rings is 3. The molecule has 0 atom stereocenters. The first-order chi connectivity index (χ1) is 19.3. The SMILES string of the molecule is COc1cc2nccc(Oc3ccc(N(C(=O)C4(C(N)=O)CC4)c4ccc(F)cc4)c(F)c3)c2c2c1OCCO2. The number of rotatable bonds is 7. The first-order valence-electron chi connectivity index (χ1n) is 12.4. The van der Waals surface area contributed by atoms with Gasteiger partial charge in [0.05, 0.1) is 23.7 Å². The number of carbonyl (C=O) groups excluding carboxylic acids is 2. The van der Waals surface area contributed by atoms with Crippen LogP contribution in [0, 0.1) is 17.0 Å². The van der Waals surface area contributed by atoms with Gasteiger partial charge in [0.15, 0.2) is 17.3 Å². The lowest BCUT2D eigenvalue weighted by Crippen LogP contribution is -2.41. The molecule has 11 heteroatoms. The molecule has 0 saturated heterocycles. The maximum Gasteiger partial charge on any atom is 0.247 e. The Balaban J connectivity index is 1.39. The third kappa shape index (κ3) is 4.19. The van der Waals surface area contributed by atoms with Gasteiger partial charge in [-0.3, -0.25) is 19.5 Å². The lowest BCUT2D eigenvalue weighted by Gasteiger charge is -2.27. The van der Waals surface area contributed by atoms with Gasteiger partial charge in [0, 0.05) is 24.0 Å². The number of amides is 2. The fourth-order valence-corrected chi connectivity index (χ4v) is 4.73. The summed E-state index contributed by atoms with van der Waals surface area (Å²) in [6.07, 6.45) is 2.03. The van der Waals surface area contributed by atoms with Gasteiger partial charge in [-0.25, -0.2) is 8.78 Å². The van der Waals surface area contributed by atoms with Crippen molar-refractivity contribution in [1.29, 1.82) is 0 Å². The van der Waals surface area contributed by atoms with Crippen LogP contribution in [0.1, 0.15) is 12.8 Å². The number of nitrogens with zero attached hydrogens (tertiary/aromatic N) is 2. The number of pyridine rings is 1. The molecule has 3 aromatic carbocycles. The van der Waals surface area contributed by atoms with E-state index in [1.807, 2.05) is 0 Å². The standard InChI is InChI=1S/C29H23F2N3O6/c1-37-23-15-20-24(26-25(23)38-12-13-39-26)22(8-11-33-20)40-18-6-7-21(19(31)14-18)34(17-4-2-16(30)3-5-17)28(36)29(9-10-29)27(32)35/h2-8,11,14-15H,9-10,12-13H2,1H3,(H2,32,35). The monoisotopic (exact) mass is 547 g/mol. The molecule has 1 aliphatic heterocycles. The van der Waals surface area contributed by atoms with E-state index in [2.05, 4.69) is 4.98 Å². The van der Waals surface area contributed by atoms with E-state index in [0.717, 1.165) is 23.1 Å². The van der Waals surface area contributed by atoms with Gasteiger partial charge in [-0.05, 0) is 55.3 Å². The van der Waals surface area contributed by atoms with Crippen LogP contribution in [-0.2, 0) is 9.59 Å². The molecule has 1 aliphatic carbocycles. The number of primary amides is 1. The summed E-state index contributed by atoms with van der Waals surface area (Å²) in [6, 6.07) is 12.2. The van der Waals surface area contributed by atoms with Crippen LogP contribution in [-0.4, -0.2) is 37.1 Å². The summed E-state index contributed by atoms with van der Waals surface area (Å²) in [6.45, 7) is 0.658. The van der Waals surface area contributed by atoms with E-state index in [0.29, 0.717) is 47.1 Å². The van der Waals surface area contributed by atoms with Crippen LogP contribution in [0.15, 0.2) is 60.8 Å². The highest BCUT2D eigenvalue weighted by molar-refractivity contribution is 6.16. The van der Waals surface area contributed by atoms with Gasteiger partial charge in [-0.1, -0.05) is 0 Å².